The summed E-state index contributed by atoms with van der Waals surface area (Å²) < 4.78 is 9.38. The highest BCUT2D eigenvalue weighted by Crippen LogP contribution is 2.30. The van der Waals surface area contributed by atoms with E-state index in [1.165, 1.54) is 14.2 Å². The van der Waals surface area contributed by atoms with Gasteiger partial charge in [0, 0.05) is 6.42 Å². The highest BCUT2D eigenvalue weighted by atomic mass is 16.5. The molecule has 0 N–H and O–H groups in total. The van der Waals surface area contributed by atoms with Crippen LogP contribution in [0, 0.1) is 17.3 Å². The van der Waals surface area contributed by atoms with Crippen LogP contribution in [0.2, 0.25) is 0 Å². The molecule has 0 saturated carbocycles. The van der Waals surface area contributed by atoms with E-state index >= 15 is 0 Å². The van der Waals surface area contributed by atoms with E-state index in [9.17, 15) is 9.59 Å². The van der Waals surface area contributed by atoms with Gasteiger partial charge in [-0.1, -0.05) is 12.2 Å². The Labute approximate surface area is 102 Å². The third-order valence-electron chi connectivity index (χ3n) is 2.42. The van der Waals surface area contributed by atoms with Crippen LogP contribution < -0.4 is 0 Å². The van der Waals surface area contributed by atoms with Crippen LogP contribution in [0.4, 0.5) is 0 Å². The molecule has 0 fully saturated rings. The lowest BCUT2D eigenvalue weighted by molar-refractivity contribution is -0.168. The van der Waals surface area contributed by atoms with Gasteiger partial charge in [0.2, 0.25) is 0 Å². The molecular formula is C13H18O4. The highest BCUT2D eigenvalue weighted by Gasteiger charge is 2.46. The maximum atomic E-state index is 11.8. The van der Waals surface area contributed by atoms with E-state index in [-0.39, 0.29) is 12.8 Å². The molecule has 0 aromatic heterocycles. The Morgan fingerprint density at radius 2 is 1.76 bits per heavy atom. The number of esters is 2. The van der Waals surface area contributed by atoms with Gasteiger partial charge in [-0.25, -0.2) is 0 Å². The number of carbonyl (C=O) groups excluding carboxylic acids is 2. The molecule has 0 aromatic carbocycles. The maximum Gasteiger partial charge on any atom is 0.324 e. The summed E-state index contributed by atoms with van der Waals surface area (Å²) in [7, 11) is 2.49. The summed E-state index contributed by atoms with van der Waals surface area (Å²) in [5.41, 5.74) is -1.36. The molecule has 0 saturated heterocycles. The second-order valence-electron chi connectivity index (χ2n) is 3.44. The monoisotopic (exact) mass is 238 g/mol. The lowest BCUT2D eigenvalue weighted by atomic mass is 9.81. The third-order valence-corrected chi connectivity index (χ3v) is 2.42. The van der Waals surface area contributed by atoms with Crippen LogP contribution in [0.3, 0.4) is 0 Å². The van der Waals surface area contributed by atoms with Gasteiger partial charge in [0.15, 0.2) is 5.41 Å². The zero-order valence-electron chi connectivity index (χ0n) is 10.7. The Morgan fingerprint density at radius 1 is 1.24 bits per heavy atom. The molecule has 0 aliphatic carbocycles. The number of rotatable bonds is 5. The van der Waals surface area contributed by atoms with Crippen LogP contribution in [-0.2, 0) is 19.1 Å². The molecule has 0 heterocycles. The highest BCUT2D eigenvalue weighted by molar-refractivity contribution is 6.00. The lowest BCUT2D eigenvalue weighted by Gasteiger charge is -2.24. The number of carbonyl (C=O) groups is 2. The average molecular weight is 238 g/mol. The normalized spacial score (nSPS) is 10.6. The summed E-state index contributed by atoms with van der Waals surface area (Å²) >= 11 is 0. The summed E-state index contributed by atoms with van der Waals surface area (Å²) in [5, 5.41) is 0. The van der Waals surface area contributed by atoms with E-state index in [2.05, 4.69) is 11.8 Å². The number of methoxy groups -OCH3 is 2. The van der Waals surface area contributed by atoms with Gasteiger partial charge < -0.3 is 9.47 Å². The fourth-order valence-corrected chi connectivity index (χ4v) is 1.42. The smallest absolute Gasteiger partial charge is 0.324 e. The van der Waals surface area contributed by atoms with Crippen molar-refractivity contribution in [1.29, 1.82) is 0 Å². The van der Waals surface area contributed by atoms with Crippen molar-refractivity contribution in [3.8, 4) is 11.8 Å². The van der Waals surface area contributed by atoms with Gasteiger partial charge in [-0.3, -0.25) is 9.59 Å². The molecular weight excluding hydrogens is 220 g/mol. The number of ether oxygens (including phenoxy) is 2. The van der Waals surface area contributed by atoms with Crippen molar-refractivity contribution in [2.75, 3.05) is 14.2 Å². The summed E-state index contributed by atoms with van der Waals surface area (Å²) in [4.78, 5) is 23.6. The molecule has 0 amide bonds. The Bertz CT molecular complexity index is 341. The Hall–Kier alpha value is -1.76. The maximum absolute atomic E-state index is 11.8. The molecule has 0 aliphatic heterocycles. The van der Waals surface area contributed by atoms with Gasteiger partial charge >= 0.3 is 11.9 Å². The van der Waals surface area contributed by atoms with Gasteiger partial charge in [-0.15, -0.1) is 11.8 Å². The van der Waals surface area contributed by atoms with Gasteiger partial charge in [0.25, 0.3) is 0 Å². The van der Waals surface area contributed by atoms with E-state index in [0.717, 1.165) is 0 Å². The third kappa shape index (κ3) is 3.63. The molecule has 0 bridgehead atoms. The first-order valence-corrected chi connectivity index (χ1v) is 5.26. The second kappa shape index (κ2) is 7.50. The van der Waals surface area contributed by atoms with Gasteiger partial charge in [-0.2, -0.15) is 0 Å². The predicted molar refractivity (Wildman–Crippen MR) is 64.0 cm³/mol. The zero-order valence-corrected chi connectivity index (χ0v) is 10.7. The minimum absolute atomic E-state index is 0.0905. The summed E-state index contributed by atoms with van der Waals surface area (Å²) in [6.45, 7) is 3.46. The van der Waals surface area contributed by atoms with Crippen LogP contribution in [0.1, 0.15) is 26.7 Å². The quantitative estimate of drug-likeness (QED) is 0.316. The van der Waals surface area contributed by atoms with Crippen molar-refractivity contribution in [2.24, 2.45) is 5.41 Å². The van der Waals surface area contributed by atoms with Crippen molar-refractivity contribution in [3.63, 3.8) is 0 Å². The Balaban J connectivity index is 5.38. The van der Waals surface area contributed by atoms with Crippen molar-refractivity contribution in [3.05, 3.63) is 12.2 Å². The Kier molecular flexibility index (Phi) is 6.73. The van der Waals surface area contributed by atoms with E-state index < -0.39 is 17.4 Å². The molecule has 0 aromatic rings. The van der Waals surface area contributed by atoms with Crippen molar-refractivity contribution < 1.29 is 19.1 Å². The molecule has 4 nitrogen and oxygen atoms in total. The zero-order chi connectivity index (χ0) is 13.3. The van der Waals surface area contributed by atoms with Crippen molar-refractivity contribution in [2.45, 2.75) is 26.7 Å². The summed E-state index contributed by atoms with van der Waals surface area (Å²) in [5.74, 6) is 4.17. The van der Waals surface area contributed by atoms with Crippen LogP contribution in [0.25, 0.3) is 0 Å². The van der Waals surface area contributed by atoms with E-state index in [0.29, 0.717) is 0 Å². The van der Waals surface area contributed by atoms with Crippen LogP contribution in [0.5, 0.6) is 0 Å². The van der Waals surface area contributed by atoms with E-state index in [1.807, 2.05) is 6.92 Å². The van der Waals surface area contributed by atoms with Crippen LogP contribution in [-0.4, -0.2) is 26.2 Å². The summed E-state index contributed by atoms with van der Waals surface area (Å²) in [6.07, 6.45) is 3.80. The number of allylic oxidation sites excluding steroid dienone is 2. The standard InChI is InChI=1S/C13H18O4/c1-5-7-9-13(10-8-6-2,11(14)16-3)12(15)17-4/h5,7H,9-10H2,1-4H3/b7-5+. The number of hydrogen-bond acceptors (Lipinski definition) is 4. The molecule has 0 spiro atoms. The van der Waals surface area contributed by atoms with Crippen molar-refractivity contribution in [1.82, 2.24) is 0 Å². The fraction of sp³-hybridized carbons (Fsp3) is 0.538. The van der Waals surface area contributed by atoms with Crippen LogP contribution >= 0.6 is 0 Å². The SMILES string of the molecule is CC#CCC(C/C=C/C)(C(=O)OC)C(=O)OC. The minimum Gasteiger partial charge on any atom is -0.468 e. The Morgan fingerprint density at radius 3 is 2.12 bits per heavy atom. The molecule has 0 unspecified atom stereocenters. The van der Waals surface area contributed by atoms with Crippen molar-refractivity contribution >= 4 is 11.9 Å². The molecule has 17 heavy (non-hydrogen) atoms. The predicted octanol–water partition coefficient (Wildman–Crippen LogP) is 1.70. The first-order valence-electron chi connectivity index (χ1n) is 5.26. The van der Waals surface area contributed by atoms with Gasteiger partial charge in [0.1, 0.15) is 0 Å². The minimum atomic E-state index is -1.36. The number of hydrogen-bond donors (Lipinski definition) is 0. The molecule has 4 heteroatoms. The van der Waals surface area contributed by atoms with Crippen LogP contribution in [0.15, 0.2) is 12.2 Å². The first-order chi connectivity index (χ1) is 8.08. The molecule has 0 rings (SSSR count). The topological polar surface area (TPSA) is 52.6 Å². The molecule has 0 atom stereocenters. The lowest BCUT2D eigenvalue weighted by Crippen LogP contribution is -2.40. The van der Waals surface area contributed by atoms with Gasteiger partial charge in [0.05, 0.1) is 14.2 Å². The molecule has 0 aliphatic rings. The van der Waals surface area contributed by atoms with Gasteiger partial charge in [-0.05, 0) is 20.3 Å². The largest absolute Gasteiger partial charge is 0.468 e. The van der Waals surface area contributed by atoms with E-state index in [1.54, 1.807) is 19.1 Å². The average Bonchev–Trinajstić information content (AvgIpc) is 2.37. The second-order valence-corrected chi connectivity index (χ2v) is 3.44. The first kappa shape index (κ1) is 15.2. The van der Waals surface area contributed by atoms with E-state index in [4.69, 9.17) is 9.47 Å². The molecule has 0 radical (unpaired) electrons. The summed E-state index contributed by atoms with van der Waals surface area (Å²) in [6, 6.07) is 0. The fourth-order valence-electron chi connectivity index (χ4n) is 1.42. The molecule has 94 valence electrons.